The fourth-order valence-electron chi connectivity index (χ4n) is 4.08. The maximum Gasteiger partial charge on any atom is 0.344 e. The summed E-state index contributed by atoms with van der Waals surface area (Å²) in [4.78, 5) is 30.6. The molecule has 4 rings (SSSR count). The molecule has 0 amide bonds. The fraction of sp³-hybridized carbons (Fsp3) is 0.276. The molecule has 4 aromatic rings. The van der Waals surface area contributed by atoms with Crippen LogP contribution in [-0.4, -0.2) is 57.6 Å². The van der Waals surface area contributed by atoms with E-state index in [4.69, 9.17) is 23.7 Å². The van der Waals surface area contributed by atoms with Crippen molar-refractivity contribution in [1.29, 1.82) is 0 Å². The van der Waals surface area contributed by atoms with Crippen molar-refractivity contribution >= 4 is 33.7 Å². The normalized spacial score (nSPS) is 11.1. The van der Waals surface area contributed by atoms with E-state index in [2.05, 4.69) is 4.98 Å². The maximum atomic E-state index is 13.7. The first-order chi connectivity index (χ1) is 18.0. The van der Waals surface area contributed by atoms with E-state index in [1.54, 1.807) is 26.2 Å². The lowest BCUT2D eigenvalue weighted by Gasteiger charge is -2.16. The van der Waals surface area contributed by atoms with Crippen LogP contribution in [0.15, 0.2) is 60.7 Å². The van der Waals surface area contributed by atoms with Gasteiger partial charge in [-0.1, -0.05) is 36.4 Å². The second kappa shape index (κ2) is 12.4. The first-order valence-corrected chi connectivity index (χ1v) is 11.9. The van der Waals surface area contributed by atoms with Gasteiger partial charge in [0.25, 0.3) is 0 Å². The Bertz CT molecular complexity index is 1360. The predicted octanol–water partition coefficient (Wildman–Crippen LogP) is 4.88. The molecule has 0 aliphatic heterocycles. The van der Waals surface area contributed by atoms with Crippen LogP contribution in [0, 0.1) is 6.92 Å². The second-order valence-corrected chi connectivity index (χ2v) is 8.34. The fourth-order valence-corrected chi connectivity index (χ4v) is 4.08. The van der Waals surface area contributed by atoms with Crippen molar-refractivity contribution in [3.05, 3.63) is 82.9 Å². The van der Waals surface area contributed by atoms with Gasteiger partial charge in [0, 0.05) is 23.4 Å². The van der Waals surface area contributed by atoms with Gasteiger partial charge in [-0.2, -0.15) is 0 Å². The number of hydrogen-bond donors (Lipinski definition) is 0. The van der Waals surface area contributed by atoms with Crippen molar-refractivity contribution in [3.63, 3.8) is 0 Å². The Labute approximate surface area is 215 Å². The van der Waals surface area contributed by atoms with Gasteiger partial charge in [-0.3, -0.25) is 0 Å². The smallest absolute Gasteiger partial charge is 0.344 e. The minimum atomic E-state index is -0.520. The molecule has 1 aromatic heterocycles. The number of benzene rings is 3. The maximum absolute atomic E-state index is 13.7. The Balaban J connectivity index is 1.66. The van der Waals surface area contributed by atoms with Gasteiger partial charge in [0.1, 0.15) is 5.75 Å². The van der Waals surface area contributed by atoms with E-state index in [0.29, 0.717) is 76.2 Å². The van der Waals surface area contributed by atoms with Crippen molar-refractivity contribution in [2.75, 3.05) is 40.6 Å². The molecule has 1 heterocycles. The molecule has 0 unspecified atom stereocenters. The Morgan fingerprint density at radius 1 is 0.784 bits per heavy atom. The number of hydrogen-bond acceptors (Lipinski definition) is 8. The number of ether oxygens (including phenoxy) is 5. The van der Waals surface area contributed by atoms with Gasteiger partial charge in [-0.05, 0) is 36.8 Å². The monoisotopic (exact) mass is 503 g/mol. The van der Waals surface area contributed by atoms with Crippen molar-refractivity contribution in [1.82, 2.24) is 4.98 Å². The van der Waals surface area contributed by atoms with Crippen LogP contribution >= 0.6 is 0 Å². The Hall–Kier alpha value is -3.85. The molecule has 0 saturated carbocycles. The molecule has 8 nitrogen and oxygen atoms in total. The van der Waals surface area contributed by atoms with Crippen LogP contribution in [-0.2, 0) is 25.6 Å². The van der Waals surface area contributed by atoms with Crippen LogP contribution in [0.1, 0.15) is 31.8 Å². The molecule has 0 spiro atoms. The van der Waals surface area contributed by atoms with Crippen molar-refractivity contribution in [3.8, 4) is 5.75 Å². The zero-order valence-electron chi connectivity index (χ0n) is 21.1. The highest BCUT2D eigenvalue weighted by atomic mass is 16.5. The third kappa shape index (κ3) is 6.11. The average Bonchev–Trinajstić information content (AvgIpc) is 2.92. The number of aromatic nitrogens is 1. The van der Waals surface area contributed by atoms with Crippen LogP contribution < -0.4 is 4.74 Å². The highest BCUT2D eigenvalue weighted by molar-refractivity contribution is 6.14. The first kappa shape index (κ1) is 26.2. The van der Waals surface area contributed by atoms with Crippen LogP contribution in [0.25, 0.3) is 21.8 Å². The first-order valence-electron chi connectivity index (χ1n) is 11.9. The zero-order valence-corrected chi connectivity index (χ0v) is 21.1. The van der Waals surface area contributed by atoms with Gasteiger partial charge in [0.15, 0.2) is 0 Å². The SMILES string of the molecule is COCCOCCOCc1cc(C(=O)OC)cc(C)c1OC(=O)c1c2ccccc2nc2ccccc12. The molecule has 0 bridgehead atoms. The summed E-state index contributed by atoms with van der Waals surface area (Å²) in [7, 11) is 2.93. The molecule has 192 valence electrons. The molecular formula is C29H29NO7. The number of nitrogens with zero attached hydrogens (tertiary/aromatic N) is 1. The summed E-state index contributed by atoms with van der Waals surface area (Å²) in [5.41, 5.74) is 3.32. The predicted molar refractivity (Wildman–Crippen MR) is 139 cm³/mol. The number of fused-ring (bicyclic) bond motifs is 2. The highest BCUT2D eigenvalue weighted by Crippen LogP contribution is 2.31. The lowest BCUT2D eigenvalue weighted by Crippen LogP contribution is -2.15. The number of carbonyl (C=O) groups excluding carboxylic acids is 2. The standard InChI is InChI=1S/C29H29NO7/c1-19-16-20(28(31)34-3)17-21(18-36-15-14-35-13-12-33-2)27(19)37-29(32)26-22-8-4-6-10-24(22)30-25-11-7-5-9-23(25)26/h4-11,16-17H,12-15,18H2,1-3H3. The lowest BCUT2D eigenvalue weighted by molar-refractivity contribution is 0.0194. The quantitative estimate of drug-likeness (QED) is 0.124. The van der Waals surface area contributed by atoms with E-state index in [9.17, 15) is 9.59 Å². The summed E-state index contributed by atoms with van der Waals surface area (Å²) >= 11 is 0. The number of carbonyl (C=O) groups is 2. The Morgan fingerprint density at radius 2 is 1.41 bits per heavy atom. The van der Waals surface area contributed by atoms with E-state index in [1.165, 1.54) is 7.11 Å². The molecule has 0 fully saturated rings. The van der Waals surface area contributed by atoms with Crippen molar-refractivity contribution < 1.29 is 33.3 Å². The van der Waals surface area contributed by atoms with E-state index < -0.39 is 11.9 Å². The van der Waals surface area contributed by atoms with Gasteiger partial charge in [-0.25, -0.2) is 14.6 Å². The van der Waals surface area contributed by atoms with E-state index in [1.807, 2.05) is 48.5 Å². The highest BCUT2D eigenvalue weighted by Gasteiger charge is 2.22. The van der Waals surface area contributed by atoms with Crippen LogP contribution in [0.5, 0.6) is 5.75 Å². The number of rotatable bonds is 11. The Kier molecular flexibility index (Phi) is 8.79. The number of aryl methyl sites for hydroxylation is 1. The molecule has 8 heteroatoms. The van der Waals surface area contributed by atoms with E-state index >= 15 is 0 Å². The van der Waals surface area contributed by atoms with Crippen LogP contribution in [0.4, 0.5) is 0 Å². The van der Waals surface area contributed by atoms with Gasteiger partial charge < -0.3 is 23.7 Å². The van der Waals surface area contributed by atoms with Crippen molar-refractivity contribution in [2.45, 2.75) is 13.5 Å². The molecule has 0 atom stereocenters. The van der Waals surface area contributed by atoms with Gasteiger partial charge in [-0.15, -0.1) is 0 Å². The van der Waals surface area contributed by atoms with Gasteiger partial charge >= 0.3 is 11.9 Å². The lowest BCUT2D eigenvalue weighted by atomic mass is 10.0. The van der Waals surface area contributed by atoms with Crippen molar-refractivity contribution in [2.24, 2.45) is 0 Å². The molecular weight excluding hydrogens is 474 g/mol. The minimum absolute atomic E-state index is 0.111. The van der Waals surface area contributed by atoms with Crippen LogP contribution in [0.2, 0.25) is 0 Å². The topological polar surface area (TPSA) is 93.2 Å². The summed E-state index contributed by atoms with van der Waals surface area (Å²) in [6, 6.07) is 18.2. The largest absolute Gasteiger partial charge is 0.465 e. The number of pyridine rings is 1. The minimum Gasteiger partial charge on any atom is -0.465 e. The zero-order chi connectivity index (χ0) is 26.2. The molecule has 0 N–H and O–H groups in total. The number of methoxy groups -OCH3 is 2. The summed E-state index contributed by atoms with van der Waals surface area (Å²) in [5.74, 6) is -0.674. The molecule has 0 saturated heterocycles. The van der Waals surface area contributed by atoms with Gasteiger partial charge in [0.2, 0.25) is 0 Å². The number of para-hydroxylation sites is 2. The second-order valence-electron chi connectivity index (χ2n) is 8.34. The molecule has 0 aliphatic carbocycles. The number of esters is 2. The third-order valence-electron chi connectivity index (χ3n) is 5.82. The Morgan fingerprint density at radius 3 is 2.05 bits per heavy atom. The third-order valence-corrected chi connectivity index (χ3v) is 5.82. The summed E-state index contributed by atoms with van der Waals surface area (Å²) < 4.78 is 27.1. The summed E-state index contributed by atoms with van der Waals surface area (Å²) in [6.07, 6.45) is 0. The van der Waals surface area contributed by atoms with E-state index in [-0.39, 0.29) is 6.61 Å². The average molecular weight is 504 g/mol. The summed E-state index contributed by atoms with van der Waals surface area (Å²) in [5, 5.41) is 1.39. The van der Waals surface area contributed by atoms with Gasteiger partial charge in [0.05, 0.1) is 62.3 Å². The molecule has 37 heavy (non-hydrogen) atoms. The molecule has 3 aromatic carbocycles. The van der Waals surface area contributed by atoms with Crippen LogP contribution in [0.3, 0.4) is 0 Å². The van der Waals surface area contributed by atoms with E-state index in [0.717, 1.165) is 0 Å². The molecule has 0 aliphatic rings. The summed E-state index contributed by atoms with van der Waals surface area (Å²) in [6.45, 7) is 3.54. The molecule has 0 radical (unpaired) electrons.